The summed E-state index contributed by atoms with van der Waals surface area (Å²) in [5, 5.41) is 3.08. The lowest BCUT2D eigenvalue weighted by Crippen LogP contribution is -2.22. The Morgan fingerprint density at radius 3 is 2.54 bits per heavy atom. The van der Waals surface area contributed by atoms with Gasteiger partial charge in [-0.05, 0) is 31.5 Å². The monoisotopic (exact) mass is 376 g/mol. The standard InChI is InChI=1S/C18H20N2O5S/c1-3-11-9-13(18(23)24-4-2)17(26-11)20-15(21)10-25-14-8-6-5-7-12(14)16(19)22/h5-9H,3-4,10H2,1-2H3,(H2,19,22)(H,20,21). The van der Waals surface area contributed by atoms with E-state index in [1.165, 1.54) is 17.4 Å². The van der Waals surface area contributed by atoms with Crippen LogP contribution in [0.15, 0.2) is 30.3 Å². The third kappa shape index (κ3) is 4.82. The summed E-state index contributed by atoms with van der Waals surface area (Å²) in [5.41, 5.74) is 5.79. The van der Waals surface area contributed by atoms with Crippen LogP contribution in [0.25, 0.3) is 0 Å². The Labute approximate surface area is 155 Å². The number of aryl methyl sites for hydroxylation is 1. The molecule has 1 aromatic carbocycles. The lowest BCUT2D eigenvalue weighted by Gasteiger charge is -2.10. The fraction of sp³-hybridized carbons (Fsp3) is 0.278. The summed E-state index contributed by atoms with van der Waals surface area (Å²) in [6.45, 7) is 3.59. The summed E-state index contributed by atoms with van der Waals surface area (Å²) >= 11 is 1.31. The molecule has 0 radical (unpaired) electrons. The Balaban J connectivity index is 2.07. The molecule has 0 unspecified atom stereocenters. The molecule has 2 amide bonds. The molecule has 1 aromatic heterocycles. The minimum atomic E-state index is -0.642. The molecule has 0 aliphatic carbocycles. The maximum absolute atomic E-state index is 12.2. The fourth-order valence-electron chi connectivity index (χ4n) is 2.17. The van der Waals surface area contributed by atoms with Crippen LogP contribution in [-0.4, -0.2) is 31.0 Å². The number of hydrogen-bond acceptors (Lipinski definition) is 6. The Hall–Kier alpha value is -2.87. The summed E-state index contributed by atoms with van der Waals surface area (Å²) in [5.74, 6) is -1.37. The van der Waals surface area contributed by atoms with Crippen LogP contribution < -0.4 is 15.8 Å². The van der Waals surface area contributed by atoms with Crippen molar-refractivity contribution >= 4 is 34.1 Å². The zero-order valence-corrected chi connectivity index (χ0v) is 15.4. The summed E-state index contributed by atoms with van der Waals surface area (Å²) in [7, 11) is 0. The molecule has 7 nitrogen and oxygen atoms in total. The van der Waals surface area contributed by atoms with Crippen molar-refractivity contribution in [2.75, 3.05) is 18.5 Å². The van der Waals surface area contributed by atoms with E-state index < -0.39 is 17.8 Å². The maximum atomic E-state index is 12.2. The van der Waals surface area contributed by atoms with Crippen molar-refractivity contribution in [1.29, 1.82) is 0 Å². The third-order valence-electron chi connectivity index (χ3n) is 3.39. The highest BCUT2D eigenvalue weighted by atomic mass is 32.1. The third-order valence-corrected chi connectivity index (χ3v) is 4.59. The second kappa shape index (κ2) is 9.00. The summed E-state index contributed by atoms with van der Waals surface area (Å²) in [6.07, 6.45) is 0.732. The number of para-hydroxylation sites is 1. The number of thiophene rings is 1. The second-order valence-corrected chi connectivity index (χ2v) is 6.36. The van der Waals surface area contributed by atoms with Crippen LogP contribution in [0.1, 0.15) is 39.4 Å². The quantitative estimate of drug-likeness (QED) is 0.689. The van der Waals surface area contributed by atoms with Gasteiger partial charge in [0.1, 0.15) is 10.8 Å². The molecule has 26 heavy (non-hydrogen) atoms. The summed E-state index contributed by atoms with van der Waals surface area (Å²) in [4.78, 5) is 36.5. The maximum Gasteiger partial charge on any atom is 0.341 e. The predicted molar refractivity (Wildman–Crippen MR) is 98.7 cm³/mol. The number of carbonyl (C=O) groups excluding carboxylic acids is 3. The first-order valence-corrected chi connectivity index (χ1v) is 8.89. The first-order chi connectivity index (χ1) is 12.5. The Kier molecular flexibility index (Phi) is 6.74. The van der Waals surface area contributed by atoms with Crippen molar-refractivity contribution in [3.05, 3.63) is 46.3 Å². The SMILES string of the molecule is CCOC(=O)c1cc(CC)sc1NC(=O)COc1ccccc1C(N)=O. The summed E-state index contributed by atoms with van der Waals surface area (Å²) < 4.78 is 10.4. The number of hydrogen-bond donors (Lipinski definition) is 2. The number of benzene rings is 1. The smallest absolute Gasteiger partial charge is 0.341 e. The molecule has 0 spiro atoms. The first-order valence-electron chi connectivity index (χ1n) is 8.07. The number of anilines is 1. The number of ether oxygens (including phenoxy) is 2. The van der Waals surface area contributed by atoms with Crippen LogP contribution in [0.4, 0.5) is 5.00 Å². The van der Waals surface area contributed by atoms with Crippen molar-refractivity contribution < 1.29 is 23.9 Å². The highest BCUT2D eigenvalue weighted by Gasteiger charge is 2.19. The van der Waals surface area contributed by atoms with Gasteiger partial charge in [-0.15, -0.1) is 11.3 Å². The second-order valence-electron chi connectivity index (χ2n) is 5.23. The summed E-state index contributed by atoms with van der Waals surface area (Å²) in [6, 6.07) is 8.10. The topological polar surface area (TPSA) is 108 Å². The van der Waals surface area contributed by atoms with Crippen molar-refractivity contribution in [3.63, 3.8) is 0 Å². The lowest BCUT2D eigenvalue weighted by atomic mass is 10.2. The lowest BCUT2D eigenvalue weighted by molar-refractivity contribution is -0.118. The molecular weight excluding hydrogens is 356 g/mol. The number of esters is 1. The number of carbonyl (C=O) groups is 3. The number of primary amides is 1. The van der Waals surface area contributed by atoms with E-state index in [-0.39, 0.29) is 24.5 Å². The van der Waals surface area contributed by atoms with Gasteiger partial charge in [-0.2, -0.15) is 0 Å². The molecule has 0 saturated carbocycles. The molecule has 8 heteroatoms. The van der Waals surface area contributed by atoms with E-state index in [2.05, 4.69) is 5.32 Å². The first kappa shape index (κ1) is 19.5. The van der Waals surface area contributed by atoms with Crippen LogP contribution in [0.3, 0.4) is 0 Å². The van der Waals surface area contributed by atoms with Crippen LogP contribution >= 0.6 is 11.3 Å². The Bertz CT molecular complexity index is 816. The van der Waals surface area contributed by atoms with Crippen LogP contribution in [0.5, 0.6) is 5.75 Å². The molecule has 0 fully saturated rings. The van der Waals surface area contributed by atoms with Gasteiger partial charge < -0.3 is 20.5 Å². The molecule has 2 aromatic rings. The van der Waals surface area contributed by atoms with E-state index in [0.29, 0.717) is 10.6 Å². The molecule has 0 atom stereocenters. The van der Waals surface area contributed by atoms with Gasteiger partial charge in [0.15, 0.2) is 6.61 Å². The van der Waals surface area contributed by atoms with E-state index >= 15 is 0 Å². The minimum Gasteiger partial charge on any atom is -0.483 e. The molecule has 0 bridgehead atoms. The van der Waals surface area contributed by atoms with Gasteiger partial charge in [-0.25, -0.2) is 4.79 Å². The van der Waals surface area contributed by atoms with Gasteiger partial charge in [-0.3, -0.25) is 9.59 Å². The number of nitrogens with one attached hydrogen (secondary N) is 1. The molecule has 1 heterocycles. The fourth-order valence-corrected chi connectivity index (χ4v) is 3.17. The van der Waals surface area contributed by atoms with Crippen molar-refractivity contribution in [2.45, 2.75) is 20.3 Å². The molecule has 3 N–H and O–H groups in total. The number of rotatable bonds is 8. The van der Waals surface area contributed by atoms with Gasteiger partial charge in [0, 0.05) is 4.88 Å². The normalized spacial score (nSPS) is 10.2. The highest BCUT2D eigenvalue weighted by molar-refractivity contribution is 7.16. The van der Waals surface area contributed by atoms with E-state index in [0.717, 1.165) is 11.3 Å². The zero-order chi connectivity index (χ0) is 19.1. The van der Waals surface area contributed by atoms with E-state index in [4.69, 9.17) is 15.2 Å². The minimum absolute atomic E-state index is 0.192. The van der Waals surface area contributed by atoms with Crippen LogP contribution in [-0.2, 0) is 16.0 Å². The highest BCUT2D eigenvalue weighted by Crippen LogP contribution is 2.29. The molecule has 0 aliphatic rings. The molecule has 138 valence electrons. The van der Waals surface area contributed by atoms with E-state index in [9.17, 15) is 14.4 Å². The van der Waals surface area contributed by atoms with Crippen LogP contribution in [0, 0.1) is 0 Å². The molecule has 2 rings (SSSR count). The van der Waals surface area contributed by atoms with Gasteiger partial charge in [0.2, 0.25) is 0 Å². The molecular formula is C18H20N2O5S. The van der Waals surface area contributed by atoms with Gasteiger partial charge in [0.05, 0.1) is 17.7 Å². The molecule has 0 aliphatic heterocycles. The van der Waals surface area contributed by atoms with Crippen molar-refractivity contribution in [3.8, 4) is 5.75 Å². The average Bonchev–Trinajstić information content (AvgIpc) is 3.03. The Morgan fingerprint density at radius 1 is 1.15 bits per heavy atom. The predicted octanol–water partition coefficient (Wildman–Crippen LogP) is 2.60. The largest absolute Gasteiger partial charge is 0.483 e. The van der Waals surface area contributed by atoms with E-state index in [1.807, 2.05) is 6.92 Å². The average molecular weight is 376 g/mol. The van der Waals surface area contributed by atoms with Crippen LogP contribution in [0.2, 0.25) is 0 Å². The van der Waals surface area contributed by atoms with Gasteiger partial charge in [0.25, 0.3) is 11.8 Å². The van der Waals surface area contributed by atoms with Crippen molar-refractivity contribution in [1.82, 2.24) is 0 Å². The number of amides is 2. The van der Waals surface area contributed by atoms with Gasteiger partial charge in [-0.1, -0.05) is 19.1 Å². The molecule has 0 saturated heterocycles. The van der Waals surface area contributed by atoms with E-state index in [1.54, 1.807) is 31.2 Å². The van der Waals surface area contributed by atoms with Gasteiger partial charge >= 0.3 is 5.97 Å². The Morgan fingerprint density at radius 2 is 1.88 bits per heavy atom. The number of nitrogens with two attached hydrogens (primary N) is 1. The zero-order valence-electron chi connectivity index (χ0n) is 14.5. The van der Waals surface area contributed by atoms with Crippen molar-refractivity contribution in [2.24, 2.45) is 5.73 Å².